The standard InChI is InChI=1S/C9H8N2/c1-10-8-4-2-3-7-5-6-11-9(7)8/h1-6,10-11H. The van der Waals surface area contributed by atoms with Gasteiger partial charge in [-0.1, -0.05) is 12.1 Å². The molecule has 0 saturated heterocycles. The van der Waals surface area contributed by atoms with Crippen molar-refractivity contribution in [1.82, 2.24) is 4.98 Å². The van der Waals surface area contributed by atoms with E-state index in [0.717, 1.165) is 11.2 Å². The van der Waals surface area contributed by atoms with Crippen molar-refractivity contribution in [3.63, 3.8) is 0 Å². The average molecular weight is 144 g/mol. The highest BCUT2D eigenvalue weighted by Gasteiger charge is 1.97. The van der Waals surface area contributed by atoms with Gasteiger partial charge in [0.25, 0.3) is 0 Å². The molecule has 2 nitrogen and oxygen atoms in total. The maximum absolute atomic E-state index is 5.31. The van der Waals surface area contributed by atoms with Crippen LogP contribution >= 0.6 is 0 Å². The SMILES string of the molecule is [CH]Nc1cccc2cc[nH]c12. The summed E-state index contributed by atoms with van der Waals surface area (Å²) in [5, 5.41) is 3.79. The lowest BCUT2D eigenvalue weighted by molar-refractivity contribution is 1.47. The van der Waals surface area contributed by atoms with Gasteiger partial charge in [0.1, 0.15) is 0 Å². The summed E-state index contributed by atoms with van der Waals surface area (Å²) in [4.78, 5) is 3.10. The van der Waals surface area contributed by atoms with Crippen LogP contribution in [-0.4, -0.2) is 4.98 Å². The van der Waals surface area contributed by atoms with Crippen LogP contribution in [0.3, 0.4) is 0 Å². The first-order valence-corrected chi connectivity index (χ1v) is 3.44. The van der Waals surface area contributed by atoms with Crippen molar-refractivity contribution < 1.29 is 0 Å². The fraction of sp³-hybridized carbons (Fsp3) is 0. The number of benzene rings is 1. The van der Waals surface area contributed by atoms with E-state index in [4.69, 9.17) is 7.05 Å². The van der Waals surface area contributed by atoms with Crippen molar-refractivity contribution in [2.45, 2.75) is 0 Å². The van der Waals surface area contributed by atoms with Crippen LogP contribution in [0.25, 0.3) is 10.9 Å². The number of nitrogens with one attached hydrogen (secondary N) is 2. The number of para-hydroxylation sites is 1. The third-order valence-corrected chi connectivity index (χ3v) is 1.74. The Labute approximate surface area is 65.2 Å². The van der Waals surface area contributed by atoms with Gasteiger partial charge in [-0.2, -0.15) is 0 Å². The first-order chi connectivity index (χ1) is 5.42. The van der Waals surface area contributed by atoms with Gasteiger partial charge in [-0.05, 0) is 12.1 Å². The fourth-order valence-electron chi connectivity index (χ4n) is 1.21. The van der Waals surface area contributed by atoms with Crippen molar-refractivity contribution in [2.75, 3.05) is 5.32 Å². The van der Waals surface area contributed by atoms with Gasteiger partial charge in [0.05, 0.1) is 18.3 Å². The number of aromatic nitrogens is 1. The van der Waals surface area contributed by atoms with E-state index in [2.05, 4.69) is 10.3 Å². The van der Waals surface area contributed by atoms with Gasteiger partial charge in [0, 0.05) is 11.6 Å². The number of hydrogen-bond donors (Lipinski definition) is 2. The average Bonchev–Trinajstić information content (AvgIpc) is 2.50. The van der Waals surface area contributed by atoms with E-state index < -0.39 is 0 Å². The van der Waals surface area contributed by atoms with Crippen molar-refractivity contribution >= 4 is 16.6 Å². The van der Waals surface area contributed by atoms with Crippen LogP contribution in [0.1, 0.15) is 0 Å². The molecule has 0 bridgehead atoms. The third kappa shape index (κ3) is 0.871. The summed E-state index contributed by atoms with van der Waals surface area (Å²) < 4.78 is 0. The Morgan fingerprint density at radius 3 is 3.00 bits per heavy atom. The number of hydrogen-bond acceptors (Lipinski definition) is 1. The molecule has 11 heavy (non-hydrogen) atoms. The van der Waals surface area contributed by atoms with Crippen LogP contribution in [0.2, 0.25) is 0 Å². The van der Waals surface area contributed by atoms with Crippen molar-refractivity contribution in [1.29, 1.82) is 0 Å². The first kappa shape index (κ1) is 6.28. The predicted molar refractivity (Wildman–Crippen MR) is 46.2 cm³/mol. The zero-order valence-corrected chi connectivity index (χ0v) is 5.96. The van der Waals surface area contributed by atoms with E-state index in [0.29, 0.717) is 0 Å². The molecule has 1 aromatic carbocycles. The van der Waals surface area contributed by atoms with Gasteiger partial charge < -0.3 is 10.3 Å². The molecule has 2 N–H and O–H groups in total. The summed E-state index contributed by atoms with van der Waals surface area (Å²) in [7, 11) is 5.31. The second kappa shape index (κ2) is 2.31. The number of fused-ring (bicyclic) bond motifs is 1. The van der Waals surface area contributed by atoms with E-state index in [1.165, 1.54) is 5.39 Å². The largest absolute Gasteiger partial charge is 0.376 e. The predicted octanol–water partition coefficient (Wildman–Crippen LogP) is 2.25. The number of aromatic amines is 1. The molecule has 0 unspecified atom stereocenters. The molecule has 0 saturated carbocycles. The minimum Gasteiger partial charge on any atom is -0.376 e. The Bertz CT molecular complexity index is 362. The third-order valence-electron chi connectivity index (χ3n) is 1.74. The summed E-state index contributed by atoms with van der Waals surface area (Å²) >= 11 is 0. The Morgan fingerprint density at radius 2 is 2.18 bits per heavy atom. The molecule has 0 atom stereocenters. The van der Waals surface area contributed by atoms with Crippen molar-refractivity contribution in [2.24, 2.45) is 0 Å². The van der Waals surface area contributed by atoms with Gasteiger partial charge >= 0.3 is 0 Å². The van der Waals surface area contributed by atoms with Gasteiger partial charge in [0.2, 0.25) is 0 Å². The van der Waals surface area contributed by atoms with E-state index >= 15 is 0 Å². The van der Waals surface area contributed by atoms with Crippen LogP contribution in [0.15, 0.2) is 30.5 Å². The molecule has 2 radical (unpaired) electrons. The number of rotatable bonds is 1. The van der Waals surface area contributed by atoms with Crippen LogP contribution in [0.4, 0.5) is 5.69 Å². The Kier molecular flexibility index (Phi) is 1.32. The van der Waals surface area contributed by atoms with Gasteiger partial charge in [-0.3, -0.25) is 0 Å². The fourth-order valence-corrected chi connectivity index (χ4v) is 1.21. The summed E-state index contributed by atoms with van der Waals surface area (Å²) in [6.07, 6.45) is 1.89. The molecule has 0 aliphatic carbocycles. The highest BCUT2D eigenvalue weighted by Crippen LogP contribution is 2.20. The zero-order valence-electron chi connectivity index (χ0n) is 5.96. The van der Waals surface area contributed by atoms with E-state index in [1.54, 1.807) is 0 Å². The molecule has 54 valence electrons. The number of anilines is 1. The van der Waals surface area contributed by atoms with Gasteiger partial charge in [-0.25, -0.2) is 0 Å². The van der Waals surface area contributed by atoms with Gasteiger partial charge in [-0.15, -0.1) is 0 Å². The first-order valence-electron chi connectivity index (χ1n) is 3.44. The molecule has 2 aromatic rings. The molecule has 2 heteroatoms. The summed E-state index contributed by atoms with van der Waals surface area (Å²) in [6, 6.07) is 7.94. The lowest BCUT2D eigenvalue weighted by Crippen LogP contribution is -1.84. The molecule has 1 heterocycles. The quantitative estimate of drug-likeness (QED) is 0.590. The molecule has 2 rings (SSSR count). The monoisotopic (exact) mass is 144 g/mol. The Balaban J connectivity index is 2.79. The maximum atomic E-state index is 5.31. The summed E-state index contributed by atoms with van der Waals surface area (Å²) in [6.45, 7) is 0. The maximum Gasteiger partial charge on any atom is 0.0706 e. The molecule has 0 amide bonds. The second-order valence-electron chi connectivity index (χ2n) is 2.39. The molecular weight excluding hydrogens is 136 g/mol. The van der Waals surface area contributed by atoms with Crippen LogP contribution in [0, 0.1) is 7.05 Å². The van der Waals surface area contributed by atoms with Crippen molar-refractivity contribution in [3.8, 4) is 0 Å². The minimum atomic E-state index is 0.924. The van der Waals surface area contributed by atoms with Gasteiger partial charge in [0.15, 0.2) is 0 Å². The topological polar surface area (TPSA) is 27.8 Å². The molecular formula is C9H8N2. The number of H-pyrrole nitrogens is 1. The minimum absolute atomic E-state index is 0.924. The normalized spacial score (nSPS) is 10.3. The molecule has 0 spiro atoms. The summed E-state index contributed by atoms with van der Waals surface area (Å²) in [5.74, 6) is 0. The zero-order chi connectivity index (χ0) is 7.68. The summed E-state index contributed by atoms with van der Waals surface area (Å²) in [5.41, 5.74) is 1.97. The second-order valence-corrected chi connectivity index (χ2v) is 2.39. The van der Waals surface area contributed by atoms with E-state index in [9.17, 15) is 0 Å². The lowest BCUT2D eigenvalue weighted by Gasteiger charge is -1.99. The Morgan fingerprint density at radius 1 is 1.27 bits per heavy atom. The molecule has 0 aliphatic heterocycles. The van der Waals surface area contributed by atoms with Crippen LogP contribution in [0.5, 0.6) is 0 Å². The lowest BCUT2D eigenvalue weighted by atomic mass is 10.2. The highest BCUT2D eigenvalue weighted by molar-refractivity contribution is 5.90. The van der Waals surface area contributed by atoms with Crippen LogP contribution < -0.4 is 5.32 Å². The molecule has 0 aliphatic rings. The van der Waals surface area contributed by atoms with Crippen molar-refractivity contribution in [3.05, 3.63) is 37.5 Å². The van der Waals surface area contributed by atoms with Crippen LogP contribution in [-0.2, 0) is 0 Å². The molecule has 0 fully saturated rings. The highest BCUT2D eigenvalue weighted by atomic mass is 14.8. The van der Waals surface area contributed by atoms with E-state index in [-0.39, 0.29) is 0 Å². The molecule has 1 aromatic heterocycles. The Hall–Kier alpha value is -1.44. The van der Waals surface area contributed by atoms with E-state index in [1.807, 2.05) is 30.5 Å². The smallest absolute Gasteiger partial charge is 0.0706 e.